The lowest BCUT2D eigenvalue weighted by Crippen LogP contribution is -3.08. The molecule has 2 rings (SSSR count). The SMILES string of the molecule is CCOc1ccc(C[NH+](C)CC(=O)Nc2cc(NC(C)=O)ccc2OC)cc1. The highest BCUT2D eigenvalue weighted by atomic mass is 16.5. The first-order valence-corrected chi connectivity index (χ1v) is 9.19. The van der Waals surface area contributed by atoms with E-state index in [9.17, 15) is 9.59 Å². The van der Waals surface area contributed by atoms with Crippen LogP contribution >= 0.6 is 0 Å². The quantitative estimate of drug-likeness (QED) is 0.613. The van der Waals surface area contributed by atoms with Crippen LogP contribution in [0.2, 0.25) is 0 Å². The van der Waals surface area contributed by atoms with Crippen LogP contribution < -0.4 is 25.0 Å². The molecule has 0 fully saturated rings. The molecule has 0 saturated heterocycles. The molecular weight excluding hydrogens is 358 g/mol. The second kappa shape index (κ2) is 10.3. The van der Waals surface area contributed by atoms with Crippen molar-refractivity contribution in [1.29, 1.82) is 0 Å². The summed E-state index contributed by atoms with van der Waals surface area (Å²) in [5, 5.41) is 5.56. The lowest BCUT2D eigenvalue weighted by molar-refractivity contribution is -0.885. The standard InChI is InChI=1S/C21H27N3O4/c1-5-28-18-9-6-16(7-10-18)13-24(3)14-21(26)23-19-12-17(22-15(2)25)8-11-20(19)27-4/h6-12H,5,13-14H2,1-4H3,(H,22,25)(H,23,26)/p+1. The number of amides is 2. The van der Waals surface area contributed by atoms with Gasteiger partial charge in [-0.15, -0.1) is 0 Å². The number of carbonyl (C=O) groups excluding carboxylic acids is 2. The second-order valence-electron chi connectivity index (χ2n) is 6.53. The molecule has 7 heteroatoms. The van der Waals surface area contributed by atoms with E-state index in [1.165, 1.54) is 14.0 Å². The second-order valence-corrected chi connectivity index (χ2v) is 6.53. The fourth-order valence-corrected chi connectivity index (χ4v) is 2.84. The minimum absolute atomic E-state index is 0.137. The number of rotatable bonds is 9. The molecule has 0 aliphatic rings. The van der Waals surface area contributed by atoms with E-state index >= 15 is 0 Å². The molecule has 2 aromatic rings. The largest absolute Gasteiger partial charge is 0.495 e. The Hall–Kier alpha value is -3.06. The van der Waals surface area contributed by atoms with Crippen molar-refractivity contribution in [3.8, 4) is 11.5 Å². The molecule has 0 radical (unpaired) electrons. The number of methoxy groups -OCH3 is 1. The first kappa shape index (κ1) is 21.2. The van der Waals surface area contributed by atoms with Gasteiger partial charge in [0.1, 0.15) is 18.0 Å². The number of ether oxygens (including phenoxy) is 2. The highest BCUT2D eigenvalue weighted by Gasteiger charge is 2.14. The average Bonchev–Trinajstić information content (AvgIpc) is 2.63. The first-order valence-electron chi connectivity index (χ1n) is 9.19. The zero-order valence-electron chi connectivity index (χ0n) is 16.8. The Morgan fingerprint density at radius 2 is 1.79 bits per heavy atom. The predicted octanol–water partition coefficient (Wildman–Crippen LogP) is 1.71. The van der Waals surface area contributed by atoms with Crippen LogP contribution in [-0.4, -0.2) is 39.1 Å². The monoisotopic (exact) mass is 386 g/mol. The zero-order chi connectivity index (χ0) is 20.5. The normalized spacial score (nSPS) is 11.4. The van der Waals surface area contributed by atoms with E-state index in [2.05, 4.69) is 10.6 Å². The summed E-state index contributed by atoms with van der Waals surface area (Å²) in [7, 11) is 3.49. The van der Waals surface area contributed by atoms with Gasteiger partial charge in [-0.2, -0.15) is 0 Å². The number of nitrogens with one attached hydrogen (secondary N) is 3. The van der Waals surface area contributed by atoms with E-state index in [-0.39, 0.29) is 11.8 Å². The number of quaternary nitrogens is 1. The Labute approximate surface area is 165 Å². The topological polar surface area (TPSA) is 81.1 Å². The van der Waals surface area contributed by atoms with E-state index in [1.807, 2.05) is 38.2 Å². The predicted molar refractivity (Wildman–Crippen MR) is 109 cm³/mol. The van der Waals surface area contributed by atoms with Crippen molar-refractivity contribution >= 4 is 23.2 Å². The third-order valence-corrected chi connectivity index (χ3v) is 4.00. The minimum Gasteiger partial charge on any atom is -0.495 e. The van der Waals surface area contributed by atoms with Gasteiger partial charge in [0.2, 0.25) is 5.91 Å². The van der Waals surface area contributed by atoms with Crippen molar-refractivity contribution in [2.24, 2.45) is 0 Å². The number of likely N-dealkylation sites (N-methyl/N-ethyl adjacent to an activating group) is 1. The Bertz CT molecular complexity index is 806. The van der Waals surface area contributed by atoms with Crippen LogP contribution in [0.25, 0.3) is 0 Å². The van der Waals surface area contributed by atoms with E-state index in [0.29, 0.717) is 36.8 Å². The Morgan fingerprint density at radius 1 is 1.07 bits per heavy atom. The summed E-state index contributed by atoms with van der Waals surface area (Å²) in [6.07, 6.45) is 0. The van der Waals surface area contributed by atoms with Gasteiger partial charge in [0.25, 0.3) is 5.91 Å². The molecule has 150 valence electrons. The molecule has 28 heavy (non-hydrogen) atoms. The van der Waals surface area contributed by atoms with E-state index < -0.39 is 0 Å². The molecule has 0 aromatic heterocycles. The Balaban J connectivity index is 1.96. The van der Waals surface area contributed by atoms with Crippen molar-refractivity contribution < 1.29 is 24.0 Å². The fourth-order valence-electron chi connectivity index (χ4n) is 2.84. The van der Waals surface area contributed by atoms with Gasteiger partial charge < -0.3 is 25.0 Å². The molecule has 0 aliphatic carbocycles. The van der Waals surface area contributed by atoms with Gasteiger partial charge in [-0.1, -0.05) is 0 Å². The molecule has 2 aromatic carbocycles. The van der Waals surface area contributed by atoms with Crippen LogP contribution in [0.5, 0.6) is 11.5 Å². The fraction of sp³-hybridized carbons (Fsp3) is 0.333. The van der Waals surface area contributed by atoms with E-state index in [0.717, 1.165) is 16.2 Å². The summed E-state index contributed by atoms with van der Waals surface area (Å²) < 4.78 is 10.7. The van der Waals surface area contributed by atoms with Crippen molar-refractivity contribution in [2.75, 3.05) is 37.9 Å². The molecule has 0 spiro atoms. The zero-order valence-corrected chi connectivity index (χ0v) is 16.8. The number of anilines is 2. The highest BCUT2D eigenvalue weighted by Crippen LogP contribution is 2.27. The molecule has 1 atom stereocenters. The summed E-state index contributed by atoms with van der Waals surface area (Å²) in [5.41, 5.74) is 2.24. The Morgan fingerprint density at radius 3 is 2.39 bits per heavy atom. The summed E-state index contributed by atoms with van der Waals surface area (Å²) in [6, 6.07) is 13.0. The lowest BCUT2D eigenvalue weighted by atomic mass is 10.2. The van der Waals surface area contributed by atoms with Gasteiger partial charge in [-0.25, -0.2) is 0 Å². The Kier molecular flexibility index (Phi) is 7.83. The lowest BCUT2D eigenvalue weighted by Gasteiger charge is -2.16. The third-order valence-electron chi connectivity index (χ3n) is 4.00. The molecule has 0 bridgehead atoms. The maximum atomic E-state index is 12.5. The smallest absolute Gasteiger partial charge is 0.279 e. The van der Waals surface area contributed by atoms with Crippen molar-refractivity contribution in [3.05, 3.63) is 48.0 Å². The van der Waals surface area contributed by atoms with Crippen LogP contribution in [0.4, 0.5) is 11.4 Å². The van der Waals surface area contributed by atoms with Gasteiger partial charge in [-0.05, 0) is 49.4 Å². The van der Waals surface area contributed by atoms with Gasteiger partial charge in [0.05, 0.1) is 26.5 Å². The number of hydrogen-bond donors (Lipinski definition) is 3. The first-order chi connectivity index (χ1) is 13.4. The highest BCUT2D eigenvalue weighted by molar-refractivity contribution is 5.95. The van der Waals surface area contributed by atoms with Crippen molar-refractivity contribution in [3.63, 3.8) is 0 Å². The number of benzene rings is 2. The van der Waals surface area contributed by atoms with Crippen molar-refractivity contribution in [1.82, 2.24) is 0 Å². The molecule has 3 N–H and O–H groups in total. The van der Waals surface area contributed by atoms with Crippen LogP contribution in [0.3, 0.4) is 0 Å². The van der Waals surface area contributed by atoms with Gasteiger partial charge in [0.15, 0.2) is 6.54 Å². The maximum Gasteiger partial charge on any atom is 0.279 e. The molecule has 2 amide bonds. The van der Waals surface area contributed by atoms with Gasteiger partial charge >= 0.3 is 0 Å². The van der Waals surface area contributed by atoms with Crippen LogP contribution in [0.1, 0.15) is 19.4 Å². The number of carbonyl (C=O) groups is 2. The minimum atomic E-state index is -0.179. The third kappa shape index (κ3) is 6.59. The van der Waals surface area contributed by atoms with Crippen LogP contribution in [-0.2, 0) is 16.1 Å². The molecule has 0 heterocycles. The van der Waals surface area contributed by atoms with Gasteiger partial charge in [0, 0.05) is 18.2 Å². The molecule has 0 aliphatic heterocycles. The van der Waals surface area contributed by atoms with Crippen LogP contribution in [0.15, 0.2) is 42.5 Å². The average molecular weight is 386 g/mol. The summed E-state index contributed by atoms with van der Waals surface area (Å²) >= 11 is 0. The maximum absolute atomic E-state index is 12.5. The summed E-state index contributed by atoms with van der Waals surface area (Å²) in [5.74, 6) is 1.06. The molecule has 0 saturated carbocycles. The van der Waals surface area contributed by atoms with Gasteiger partial charge in [-0.3, -0.25) is 9.59 Å². The summed E-state index contributed by atoms with van der Waals surface area (Å²) in [6.45, 7) is 5.02. The molecule has 7 nitrogen and oxygen atoms in total. The van der Waals surface area contributed by atoms with E-state index in [4.69, 9.17) is 9.47 Å². The molecular formula is C21H28N3O4+. The van der Waals surface area contributed by atoms with Crippen molar-refractivity contribution in [2.45, 2.75) is 20.4 Å². The number of hydrogen-bond acceptors (Lipinski definition) is 4. The van der Waals surface area contributed by atoms with E-state index in [1.54, 1.807) is 18.2 Å². The summed E-state index contributed by atoms with van der Waals surface area (Å²) in [4.78, 5) is 24.7. The van der Waals surface area contributed by atoms with Crippen LogP contribution in [0, 0.1) is 0 Å². The molecule has 1 unspecified atom stereocenters.